The van der Waals surface area contributed by atoms with Crippen molar-refractivity contribution in [3.05, 3.63) is 76.9 Å². The number of halogens is 4. The highest BCUT2D eigenvalue weighted by Gasteiger charge is 2.31. The van der Waals surface area contributed by atoms with Gasteiger partial charge in [-0.05, 0) is 48.5 Å². The predicted molar refractivity (Wildman–Crippen MR) is 100 cm³/mol. The minimum Gasteiger partial charge on any atom is -0.508 e. The number of pyridine rings is 1. The highest BCUT2D eigenvalue weighted by Crippen LogP contribution is 2.36. The molecular weight excluding hydrogens is 421 g/mol. The van der Waals surface area contributed by atoms with Gasteiger partial charge in [0.2, 0.25) is 0 Å². The molecule has 0 saturated carbocycles. The summed E-state index contributed by atoms with van der Waals surface area (Å²) in [5.41, 5.74) is 2.18. The maximum atomic E-state index is 13.2. The van der Waals surface area contributed by atoms with Crippen molar-refractivity contribution in [1.29, 1.82) is 0 Å². The quantitative estimate of drug-likeness (QED) is 0.412. The second-order valence-electron chi connectivity index (χ2n) is 6.01. The summed E-state index contributed by atoms with van der Waals surface area (Å²) < 4.78 is 41.9. The van der Waals surface area contributed by atoms with Crippen LogP contribution in [0.5, 0.6) is 5.75 Å². The molecule has 4 rings (SSSR count). The fraction of sp³-hybridized carbons (Fsp3) is 0.0500. The van der Waals surface area contributed by atoms with E-state index in [0.29, 0.717) is 22.6 Å². The summed E-state index contributed by atoms with van der Waals surface area (Å²) in [6.45, 7) is 0. The minimum absolute atomic E-state index is 0.104. The third-order valence-corrected chi connectivity index (χ3v) is 4.73. The Morgan fingerprint density at radius 1 is 0.852 bits per heavy atom. The van der Waals surface area contributed by atoms with Gasteiger partial charge in [0.25, 0.3) is 0 Å². The molecule has 136 valence electrons. The molecule has 0 aliphatic heterocycles. The minimum atomic E-state index is -4.45. The molecule has 1 N–H and O–H groups in total. The van der Waals surface area contributed by atoms with Crippen LogP contribution >= 0.6 is 15.9 Å². The Balaban J connectivity index is 2.03. The summed E-state index contributed by atoms with van der Waals surface area (Å²) in [6, 6.07) is 16.1. The van der Waals surface area contributed by atoms with Gasteiger partial charge in [0.05, 0.1) is 17.0 Å². The lowest BCUT2D eigenvalue weighted by Crippen LogP contribution is -2.06. The van der Waals surface area contributed by atoms with E-state index >= 15 is 0 Å². The number of nitrogens with zero attached hydrogens (tertiary/aromatic N) is 2. The van der Waals surface area contributed by atoms with E-state index in [4.69, 9.17) is 0 Å². The summed E-state index contributed by atoms with van der Waals surface area (Å²) in [6.07, 6.45) is -3.39. The molecule has 2 aromatic carbocycles. The van der Waals surface area contributed by atoms with Gasteiger partial charge in [0.1, 0.15) is 11.4 Å². The van der Waals surface area contributed by atoms with Crippen LogP contribution in [-0.4, -0.2) is 14.5 Å². The van der Waals surface area contributed by atoms with Crippen molar-refractivity contribution >= 4 is 21.6 Å². The molecular formula is C20H12BrF3N2O. The van der Waals surface area contributed by atoms with Gasteiger partial charge in [-0.3, -0.25) is 4.40 Å². The first kappa shape index (κ1) is 17.6. The number of fused-ring (bicyclic) bond motifs is 1. The number of imidazole rings is 1. The van der Waals surface area contributed by atoms with Crippen molar-refractivity contribution in [2.24, 2.45) is 0 Å². The molecule has 0 spiro atoms. The Labute approximate surface area is 160 Å². The van der Waals surface area contributed by atoms with Gasteiger partial charge in [0, 0.05) is 21.8 Å². The maximum absolute atomic E-state index is 13.2. The zero-order valence-electron chi connectivity index (χ0n) is 13.7. The summed E-state index contributed by atoms with van der Waals surface area (Å²) >= 11 is 3.37. The Morgan fingerprint density at radius 3 is 2.11 bits per heavy atom. The molecule has 0 radical (unpaired) electrons. The summed E-state index contributed by atoms with van der Waals surface area (Å²) in [7, 11) is 0. The number of aromatic hydroxyl groups is 1. The van der Waals surface area contributed by atoms with E-state index in [1.54, 1.807) is 12.1 Å². The molecule has 0 saturated heterocycles. The van der Waals surface area contributed by atoms with Crippen molar-refractivity contribution in [2.45, 2.75) is 6.18 Å². The topological polar surface area (TPSA) is 37.5 Å². The van der Waals surface area contributed by atoms with Gasteiger partial charge in [-0.25, -0.2) is 4.98 Å². The van der Waals surface area contributed by atoms with Gasteiger partial charge < -0.3 is 5.11 Å². The number of aromatic nitrogens is 2. The number of benzene rings is 2. The Hall–Kier alpha value is -2.80. The lowest BCUT2D eigenvalue weighted by Gasteiger charge is -2.10. The van der Waals surface area contributed by atoms with Crippen LogP contribution in [0.1, 0.15) is 5.56 Å². The number of hydrogen-bond donors (Lipinski definition) is 1. The van der Waals surface area contributed by atoms with Crippen LogP contribution in [0, 0.1) is 0 Å². The second-order valence-corrected chi connectivity index (χ2v) is 6.92. The monoisotopic (exact) mass is 432 g/mol. The van der Waals surface area contributed by atoms with Gasteiger partial charge >= 0.3 is 6.18 Å². The zero-order chi connectivity index (χ0) is 19.2. The highest BCUT2D eigenvalue weighted by atomic mass is 79.9. The van der Waals surface area contributed by atoms with Crippen molar-refractivity contribution in [2.75, 3.05) is 0 Å². The number of rotatable bonds is 2. The summed E-state index contributed by atoms with van der Waals surface area (Å²) in [4.78, 5) is 4.54. The van der Waals surface area contributed by atoms with Crippen LogP contribution in [0.25, 0.3) is 28.2 Å². The van der Waals surface area contributed by atoms with Crippen molar-refractivity contribution in [3.63, 3.8) is 0 Å². The predicted octanol–water partition coefficient (Wildman–Crippen LogP) is 6.16. The fourth-order valence-electron chi connectivity index (χ4n) is 2.92. The smallest absolute Gasteiger partial charge is 0.417 e. The van der Waals surface area contributed by atoms with E-state index in [2.05, 4.69) is 20.9 Å². The Morgan fingerprint density at radius 2 is 1.48 bits per heavy atom. The summed E-state index contributed by atoms with van der Waals surface area (Å²) in [5.74, 6) is 0.104. The van der Waals surface area contributed by atoms with E-state index < -0.39 is 11.7 Å². The molecule has 3 nitrogen and oxygen atoms in total. The average molecular weight is 433 g/mol. The van der Waals surface area contributed by atoms with Gasteiger partial charge in [-0.2, -0.15) is 13.2 Å². The highest BCUT2D eigenvalue weighted by molar-refractivity contribution is 9.10. The Bertz CT molecular complexity index is 1120. The standard InChI is InChI=1S/C20H12BrF3N2O/c21-15-6-1-13(2-7-15)19-18(12-3-8-16(27)9-4-12)25-17-10-5-14(11-26(17)19)20(22,23)24/h1-11,27H. The van der Waals surface area contributed by atoms with Crippen LogP contribution in [0.2, 0.25) is 0 Å². The van der Waals surface area contributed by atoms with Gasteiger partial charge in [0.15, 0.2) is 0 Å². The van der Waals surface area contributed by atoms with Crippen LogP contribution < -0.4 is 0 Å². The van der Waals surface area contributed by atoms with Crippen LogP contribution in [0.4, 0.5) is 13.2 Å². The molecule has 7 heteroatoms. The first-order chi connectivity index (χ1) is 12.8. The zero-order valence-corrected chi connectivity index (χ0v) is 15.3. The maximum Gasteiger partial charge on any atom is 0.417 e. The van der Waals surface area contributed by atoms with Crippen molar-refractivity contribution in [1.82, 2.24) is 9.38 Å². The van der Waals surface area contributed by atoms with E-state index in [1.165, 1.54) is 22.6 Å². The molecule has 0 amide bonds. The molecule has 0 atom stereocenters. The average Bonchev–Trinajstić information content (AvgIpc) is 3.01. The van der Waals surface area contributed by atoms with E-state index in [1.807, 2.05) is 24.3 Å². The lowest BCUT2D eigenvalue weighted by atomic mass is 10.0. The largest absolute Gasteiger partial charge is 0.508 e. The number of hydrogen-bond acceptors (Lipinski definition) is 2. The fourth-order valence-corrected chi connectivity index (χ4v) is 3.18. The van der Waals surface area contributed by atoms with E-state index in [9.17, 15) is 18.3 Å². The number of phenols is 1. The lowest BCUT2D eigenvalue weighted by molar-refractivity contribution is -0.137. The van der Waals surface area contributed by atoms with Gasteiger partial charge in [-0.15, -0.1) is 0 Å². The number of alkyl halides is 3. The van der Waals surface area contributed by atoms with Crippen molar-refractivity contribution in [3.8, 4) is 28.3 Å². The van der Waals surface area contributed by atoms with Gasteiger partial charge in [-0.1, -0.05) is 28.1 Å². The normalized spacial score (nSPS) is 11.9. The first-order valence-electron chi connectivity index (χ1n) is 7.97. The SMILES string of the molecule is Oc1ccc(-c2nc3ccc(C(F)(F)F)cn3c2-c2ccc(Br)cc2)cc1. The first-order valence-corrected chi connectivity index (χ1v) is 8.77. The van der Waals surface area contributed by atoms with Crippen LogP contribution in [0.3, 0.4) is 0 Å². The third-order valence-electron chi connectivity index (χ3n) is 4.20. The van der Waals surface area contributed by atoms with Crippen LogP contribution in [-0.2, 0) is 6.18 Å². The third kappa shape index (κ3) is 3.30. The Kier molecular flexibility index (Phi) is 4.19. The van der Waals surface area contributed by atoms with E-state index in [-0.39, 0.29) is 5.75 Å². The molecule has 0 aliphatic rings. The molecule has 0 aliphatic carbocycles. The second kappa shape index (κ2) is 6.42. The molecule has 0 unspecified atom stereocenters. The van der Waals surface area contributed by atoms with E-state index in [0.717, 1.165) is 22.3 Å². The van der Waals surface area contributed by atoms with Crippen molar-refractivity contribution < 1.29 is 18.3 Å². The molecule has 0 fully saturated rings. The molecule has 27 heavy (non-hydrogen) atoms. The molecule has 2 heterocycles. The number of phenolic OH excluding ortho intramolecular Hbond substituents is 1. The summed E-state index contributed by atoms with van der Waals surface area (Å²) in [5, 5.41) is 9.53. The van der Waals surface area contributed by atoms with Crippen LogP contribution in [0.15, 0.2) is 71.3 Å². The molecule has 0 bridgehead atoms. The molecule has 4 aromatic rings. The molecule has 2 aromatic heterocycles.